The number of hydrogen-bond donors (Lipinski definition) is 0. The number of esters is 2. The molecule has 0 saturated carbocycles. The highest BCUT2D eigenvalue weighted by molar-refractivity contribution is 9.11. The number of ether oxygens (including phenoxy) is 4. The van der Waals surface area contributed by atoms with Crippen molar-refractivity contribution in [2.75, 3.05) is 26.4 Å². The van der Waals surface area contributed by atoms with E-state index >= 15 is 0 Å². The molecule has 6 nitrogen and oxygen atoms in total. The summed E-state index contributed by atoms with van der Waals surface area (Å²) < 4.78 is 25.0. The van der Waals surface area contributed by atoms with Crippen molar-refractivity contribution in [1.82, 2.24) is 0 Å². The van der Waals surface area contributed by atoms with Crippen LogP contribution in [0.25, 0.3) is 0 Å². The van der Waals surface area contributed by atoms with E-state index in [-0.39, 0.29) is 26.4 Å². The lowest BCUT2D eigenvalue weighted by atomic mass is 9.78. The summed E-state index contributed by atoms with van der Waals surface area (Å²) in [6, 6.07) is 7.77. The van der Waals surface area contributed by atoms with Gasteiger partial charge in [-0.15, -0.1) is 0 Å². The summed E-state index contributed by atoms with van der Waals surface area (Å²) in [6.45, 7) is 15.2. The predicted molar refractivity (Wildman–Crippen MR) is 158 cm³/mol. The van der Waals surface area contributed by atoms with Crippen molar-refractivity contribution in [2.45, 2.75) is 33.1 Å². The Morgan fingerprint density at radius 1 is 0.676 bits per heavy atom. The lowest BCUT2D eigenvalue weighted by molar-refractivity contribution is -0.140. The molecule has 0 spiro atoms. The van der Waals surface area contributed by atoms with Crippen LogP contribution in [-0.2, 0) is 24.5 Å². The molecule has 0 aliphatic heterocycles. The van der Waals surface area contributed by atoms with Crippen molar-refractivity contribution in [3.63, 3.8) is 0 Å². The molecule has 0 atom stereocenters. The Balaban J connectivity index is 2.16. The molecule has 0 N–H and O–H groups in total. The lowest BCUT2D eigenvalue weighted by Gasteiger charge is -2.30. The first-order valence-corrected chi connectivity index (χ1v) is 14.3. The zero-order valence-electron chi connectivity index (χ0n) is 21.0. The molecule has 0 fully saturated rings. The molecule has 2 aromatic carbocycles. The Kier molecular flexibility index (Phi) is 11.9. The van der Waals surface area contributed by atoms with Gasteiger partial charge in [0.1, 0.15) is 37.9 Å². The Morgan fingerprint density at radius 3 is 1.35 bits per heavy atom. The van der Waals surface area contributed by atoms with Gasteiger partial charge in [0.2, 0.25) is 0 Å². The van der Waals surface area contributed by atoms with Gasteiger partial charge in [0.05, 0.1) is 8.95 Å². The van der Waals surface area contributed by atoms with E-state index in [0.717, 1.165) is 29.0 Å². The minimum atomic E-state index is -0.444. The molecule has 0 saturated heterocycles. The van der Waals surface area contributed by atoms with E-state index < -0.39 is 17.4 Å². The van der Waals surface area contributed by atoms with Crippen LogP contribution in [0.1, 0.15) is 38.8 Å². The van der Waals surface area contributed by atoms with Gasteiger partial charge in [-0.25, -0.2) is 9.59 Å². The molecule has 0 aliphatic carbocycles. The molecule has 0 bridgehead atoms. The fourth-order valence-electron chi connectivity index (χ4n) is 3.20. The Bertz CT molecular complexity index is 1110. The number of rotatable bonds is 12. The molecule has 0 radical (unpaired) electrons. The first-order valence-electron chi connectivity index (χ1n) is 11.2. The number of carbonyl (C=O) groups is 2. The number of hydrogen-bond acceptors (Lipinski definition) is 6. The van der Waals surface area contributed by atoms with Gasteiger partial charge >= 0.3 is 11.9 Å². The Labute approximate surface area is 251 Å². The molecular weight excluding hydrogens is 740 g/mol. The van der Waals surface area contributed by atoms with Gasteiger partial charge in [-0.05, 0) is 81.1 Å². The minimum Gasteiger partial charge on any atom is -0.489 e. The zero-order valence-corrected chi connectivity index (χ0v) is 27.4. The second-order valence-electron chi connectivity index (χ2n) is 8.68. The van der Waals surface area contributed by atoms with Crippen molar-refractivity contribution >= 4 is 75.7 Å². The van der Waals surface area contributed by atoms with E-state index in [1.807, 2.05) is 24.3 Å². The van der Waals surface area contributed by atoms with Crippen LogP contribution in [0.5, 0.6) is 11.5 Å². The van der Waals surface area contributed by atoms with Crippen LogP contribution in [0.3, 0.4) is 0 Å². The third-order valence-electron chi connectivity index (χ3n) is 5.23. The summed E-state index contributed by atoms with van der Waals surface area (Å²) in [5, 5.41) is 0. The van der Waals surface area contributed by atoms with Crippen LogP contribution in [0.15, 0.2) is 66.5 Å². The second-order valence-corrected chi connectivity index (χ2v) is 12.1. The van der Waals surface area contributed by atoms with Gasteiger partial charge in [-0.2, -0.15) is 0 Å². The summed E-state index contributed by atoms with van der Waals surface area (Å²) in [5.41, 5.74) is 2.31. The Morgan fingerprint density at radius 2 is 1.03 bits per heavy atom. The fraction of sp³-hybridized carbons (Fsp3) is 0.333. The fourth-order valence-corrected chi connectivity index (χ4v) is 5.75. The molecule has 0 amide bonds. The first-order chi connectivity index (χ1) is 17.2. The van der Waals surface area contributed by atoms with Crippen molar-refractivity contribution in [2.24, 2.45) is 0 Å². The van der Waals surface area contributed by atoms with E-state index in [2.05, 4.69) is 90.7 Å². The smallest absolute Gasteiger partial charge is 0.333 e. The first kappa shape index (κ1) is 31.6. The highest BCUT2D eigenvalue weighted by Crippen LogP contribution is 2.45. The van der Waals surface area contributed by atoms with Gasteiger partial charge < -0.3 is 18.9 Å². The molecule has 37 heavy (non-hydrogen) atoms. The van der Waals surface area contributed by atoms with E-state index in [0.29, 0.717) is 22.6 Å². The number of carbonyl (C=O) groups excluding carboxylic acids is 2. The summed E-state index contributed by atoms with van der Waals surface area (Å²) in [4.78, 5) is 23.0. The van der Waals surface area contributed by atoms with Gasteiger partial charge in [0.25, 0.3) is 0 Å². The van der Waals surface area contributed by atoms with E-state index in [1.54, 1.807) is 13.8 Å². The van der Waals surface area contributed by atoms with Gasteiger partial charge in [-0.1, -0.05) is 58.9 Å². The normalized spacial score (nSPS) is 11.0. The van der Waals surface area contributed by atoms with Crippen LogP contribution < -0.4 is 9.47 Å². The SMILES string of the molecule is C=C(C)C(=O)OCCOc1cc(Br)c(C(C)(C)c2cc(Br)c(OCCOC(=O)C(=C)C)cc2Br)cc1Br. The summed E-state index contributed by atoms with van der Waals surface area (Å²) in [5.74, 6) is 0.351. The van der Waals surface area contributed by atoms with Crippen LogP contribution in [0.4, 0.5) is 0 Å². The third kappa shape index (κ3) is 8.70. The highest BCUT2D eigenvalue weighted by atomic mass is 79.9. The van der Waals surface area contributed by atoms with Gasteiger partial charge in [0, 0.05) is 25.5 Å². The molecule has 2 rings (SSSR count). The maximum absolute atomic E-state index is 11.5. The van der Waals surface area contributed by atoms with Gasteiger partial charge in [-0.3, -0.25) is 0 Å². The molecule has 200 valence electrons. The topological polar surface area (TPSA) is 71.1 Å². The number of halogens is 4. The van der Waals surface area contributed by atoms with E-state index in [4.69, 9.17) is 18.9 Å². The highest BCUT2D eigenvalue weighted by Gasteiger charge is 2.30. The van der Waals surface area contributed by atoms with E-state index in [1.165, 1.54) is 0 Å². The summed E-state index contributed by atoms with van der Waals surface area (Å²) >= 11 is 14.6. The quantitative estimate of drug-likeness (QED) is 0.124. The molecule has 0 aromatic heterocycles. The monoisotopic (exact) mass is 764 g/mol. The standard InChI is InChI=1S/C27H28Br4O6/c1-15(2)25(32)36-9-7-34-23-13-19(28)17(11-21(23)30)27(5,6)18-12-22(31)24(14-20(18)29)35-8-10-37-26(33)16(3)4/h11-14H,1,3,7-10H2,2,4-6H3. The lowest BCUT2D eigenvalue weighted by Crippen LogP contribution is -2.21. The molecule has 0 heterocycles. The van der Waals surface area contributed by atoms with Gasteiger partial charge in [0.15, 0.2) is 0 Å². The van der Waals surface area contributed by atoms with Crippen molar-refractivity contribution < 1.29 is 28.5 Å². The van der Waals surface area contributed by atoms with Crippen LogP contribution >= 0.6 is 63.7 Å². The molecule has 10 heteroatoms. The van der Waals surface area contributed by atoms with Crippen molar-refractivity contribution in [3.05, 3.63) is 77.6 Å². The summed E-state index contributed by atoms with van der Waals surface area (Å²) in [6.07, 6.45) is 0. The molecule has 0 unspecified atom stereocenters. The zero-order chi connectivity index (χ0) is 27.9. The molecule has 2 aromatic rings. The maximum atomic E-state index is 11.5. The summed E-state index contributed by atoms with van der Waals surface area (Å²) in [7, 11) is 0. The average Bonchev–Trinajstić information content (AvgIpc) is 2.82. The Hall–Kier alpha value is -1.62. The van der Waals surface area contributed by atoms with Crippen LogP contribution in [0, 0.1) is 0 Å². The van der Waals surface area contributed by atoms with Crippen LogP contribution in [0.2, 0.25) is 0 Å². The minimum absolute atomic E-state index is 0.120. The second kappa shape index (κ2) is 14.0. The molecular formula is C27H28Br4O6. The average molecular weight is 768 g/mol. The van der Waals surface area contributed by atoms with Crippen molar-refractivity contribution in [1.29, 1.82) is 0 Å². The number of benzene rings is 2. The molecule has 0 aliphatic rings. The maximum Gasteiger partial charge on any atom is 0.333 e. The largest absolute Gasteiger partial charge is 0.489 e. The van der Waals surface area contributed by atoms with Crippen LogP contribution in [-0.4, -0.2) is 38.4 Å². The predicted octanol–water partition coefficient (Wildman–Crippen LogP) is 8.06. The van der Waals surface area contributed by atoms with E-state index in [9.17, 15) is 9.59 Å². The third-order valence-corrected chi connectivity index (χ3v) is 7.79. The van der Waals surface area contributed by atoms with Crippen molar-refractivity contribution in [3.8, 4) is 11.5 Å².